The van der Waals surface area contributed by atoms with E-state index in [0.717, 1.165) is 18.4 Å². The van der Waals surface area contributed by atoms with Gasteiger partial charge in [-0.1, -0.05) is 30.3 Å². The predicted octanol–water partition coefficient (Wildman–Crippen LogP) is 2.99. The Kier molecular flexibility index (Phi) is 6.60. The van der Waals surface area contributed by atoms with Crippen LogP contribution in [0.25, 0.3) is 11.4 Å². The minimum atomic E-state index is -0.330. The number of nitrogens with zero attached hydrogens (tertiary/aromatic N) is 2. The molecule has 8 heteroatoms. The van der Waals surface area contributed by atoms with Gasteiger partial charge < -0.3 is 20.1 Å². The van der Waals surface area contributed by atoms with Crippen LogP contribution >= 0.6 is 0 Å². The lowest BCUT2D eigenvalue weighted by Gasteiger charge is -2.11. The maximum absolute atomic E-state index is 12.3. The summed E-state index contributed by atoms with van der Waals surface area (Å²) in [6.45, 7) is -0.231. The summed E-state index contributed by atoms with van der Waals surface area (Å²) in [4.78, 5) is 33.5. The van der Waals surface area contributed by atoms with Crippen LogP contribution in [-0.2, 0) is 16.0 Å². The van der Waals surface area contributed by atoms with Crippen molar-refractivity contribution in [2.45, 2.75) is 25.3 Å². The number of amides is 2. The number of methoxy groups -OCH3 is 1. The van der Waals surface area contributed by atoms with Gasteiger partial charge in [-0.15, -0.1) is 0 Å². The molecule has 0 radical (unpaired) electrons. The fourth-order valence-corrected chi connectivity index (χ4v) is 3.04. The van der Waals surface area contributed by atoms with E-state index in [4.69, 9.17) is 9.47 Å². The summed E-state index contributed by atoms with van der Waals surface area (Å²) in [7, 11) is 1.58. The number of benzene rings is 2. The molecule has 2 amide bonds. The fourth-order valence-electron chi connectivity index (χ4n) is 3.04. The van der Waals surface area contributed by atoms with E-state index in [2.05, 4.69) is 20.6 Å². The van der Waals surface area contributed by atoms with Gasteiger partial charge in [0.1, 0.15) is 5.75 Å². The highest BCUT2D eigenvalue weighted by molar-refractivity contribution is 5.91. The first-order valence-corrected chi connectivity index (χ1v) is 10.4. The standard InChI is InChI=1S/C24H24N4O4/c1-31-20-11-9-18(10-12-20)26-22(30)15-32-23-14-19(13-21(29)25-17-7-8-17)27-24(28-23)16-5-3-2-4-6-16/h2-6,9-12,14,17H,7-8,13,15H2,1H3,(H,25,29)(H,26,30). The highest BCUT2D eigenvalue weighted by Gasteiger charge is 2.23. The van der Waals surface area contributed by atoms with E-state index < -0.39 is 0 Å². The van der Waals surface area contributed by atoms with Gasteiger partial charge in [0.2, 0.25) is 11.8 Å². The Balaban J connectivity index is 1.45. The first-order valence-electron chi connectivity index (χ1n) is 10.4. The maximum Gasteiger partial charge on any atom is 0.262 e. The first-order chi connectivity index (χ1) is 15.6. The highest BCUT2D eigenvalue weighted by atomic mass is 16.5. The highest BCUT2D eigenvalue weighted by Crippen LogP contribution is 2.21. The van der Waals surface area contributed by atoms with Gasteiger partial charge in [0.05, 0.1) is 19.2 Å². The number of rotatable bonds is 9. The summed E-state index contributed by atoms with van der Waals surface area (Å²) in [5, 5.41) is 5.71. The normalized spacial score (nSPS) is 12.7. The van der Waals surface area contributed by atoms with E-state index in [0.29, 0.717) is 23.0 Å². The third kappa shape index (κ3) is 6.04. The van der Waals surface area contributed by atoms with Crippen LogP contribution in [0.4, 0.5) is 5.69 Å². The van der Waals surface area contributed by atoms with Gasteiger partial charge >= 0.3 is 0 Å². The average Bonchev–Trinajstić information content (AvgIpc) is 3.62. The zero-order valence-corrected chi connectivity index (χ0v) is 17.7. The van der Waals surface area contributed by atoms with Gasteiger partial charge in [-0.05, 0) is 37.1 Å². The Morgan fingerprint density at radius 2 is 1.75 bits per heavy atom. The molecule has 0 unspecified atom stereocenters. The molecule has 1 saturated carbocycles. The summed E-state index contributed by atoms with van der Waals surface area (Å²) in [6, 6.07) is 18.3. The van der Waals surface area contributed by atoms with Crippen LogP contribution in [0.3, 0.4) is 0 Å². The van der Waals surface area contributed by atoms with Crippen molar-refractivity contribution >= 4 is 17.5 Å². The molecule has 1 heterocycles. The van der Waals surface area contributed by atoms with Crippen LogP contribution < -0.4 is 20.1 Å². The van der Waals surface area contributed by atoms with E-state index in [1.54, 1.807) is 37.4 Å². The quantitative estimate of drug-likeness (QED) is 0.539. The third-order valence-electron chi connectivity index (χ3n) is 4.80. The number of carbonyl (C=O) groups is 2. The third-order valence-corrected chi connectivity index (χ3v) is 4.80. The zero-order valence-electron chi connectivity index (χ0n) is 17.7. The number of hydrogen-bond acceptors (Lipinski definition) is 6. The summed E-state index contributed by atoms with van der Waals surface area (Å²) >= 11 is 0. The smallest absolute Gasteiger partial charge is 0.262 e. The van der Waals surface area contributed by atoms with Crippen LogP contribution in [0, 0.1) is 0 Å². The summed E-state index contributed by atoms with van der Waals surface area (Å²) in [5.41, 5.74) is 1.96. The second-order valence-corrected chi connectivity index (χ2v) is 7.47. The molecule has 1 aliphatic carbocycles. The molecule has 3 aromatic rings. The van der Waals surface area contributed by atoms with Crippen molar-refractivity contribution in [1.29, 1.82) is 0 Å². The molecular weight excluding hydrogens is 408 g/mol. The number of anilines is 1. The number of nitrogens with one attached hydrogen (secondary N) is 2. The van der Waals surface area contributed by atoms with Gasteiger partial charge in [-0.2, -0.15) is 4.98 Å². The lowest BCUT2D eigenvalue weighted by atomic mass is 10.2. The molecule has 32 heavy (non-hydrogen) atoms. The number of aromatic nitrogens is 2. The monoisotopic (exact) mass is 432 g/mol. The molecule has 0 spiro atoms. The van der Waals surface area contributed by atoms with Gasteiger partial charge in [0, 0.05) is 23.4 Å². The van der Waals surface area contributed by atoms with E-state index in [9.17, 15) is 9.59 Å². The zero-order chi connectivity index (χ0) is 22.3. The lowest BCUT2D eigenvalue weighted by Crippen LogP contribution is -2.27. The van der Waals surface area contributed by atoms with Crippen LogP contribution in [0.2, 0.25) is 0 Å². The average molecular weight is 432 g/mol. The molecule has 0 atom stereocenters. The first kappa shape index (κ1) is 21.3. The Labute approximate surface area is 186 Å². The predicted molar refractivity (Wildman–Crippen MR) is 119 cm³/mol. The molecule has 2 aromatic carbocycles. The minimum Gasteiger partial charge on any atom is -0.497 e. The summed E-state index contributed by atoms with van der Waals surface area (Å²) < 4.78 is 10.8. The largest absolute Gasteiger partial charge is 0.497 e. The van der Waals surface area contributed by atoms with Crippen LogP contribution in [0.1, 0.15) is 18.5 Å². The van der Waals surface area contributed by atoms with Gasteiger partial charge in [-0.3, -0.25) is 9.59 Å². The Morgan fingerprint density at radius 1 is 1.00 bits per heavy atom. The van der Waals surface area contributed by atoms with Crippen molar-refractivity contribution in [3.63, 3.8) is 0 Å². The molecule has 0 bridgehead atoms. The molecule has 0 aliphatic heterocycles. The molecule has 1 aliphatic rings. The molecule has 2 N–H and O–H groups in total. The van der Waals surface area contributed by atoms with Crippen molar-refractivity contribution in [2.75, 3.05) is 19.0 Å². The molecule has 8 nitrogen and oxygen atoms in total. The number of carbonyl (C=O) groups excluding carboxylic acids is 2. The van der Waals surface area contributed by atoms with Crippen LogP contribution in [0.5, 0.6) is 11.6 Å². The van der Waals surface area contributed by atoms with Gasteiger partial charge in [0.15, 0.2) is 12.4 Å². The number of hydrogen-bond donors (Lipinski definition) is 2. The molecule has 164 valence electrons. The van der Waals surface area contributed by atoms with Gasteiger partial charge in [0.25, 0.3) is 5.91 Å². The Bertz CT molecular complexity index is 1080. The lowest BCUT2D eigenvalue weighted by molar-refractivity contribution is -0.120. The minimum absolute atomic E-state index is 0.0894. The van der Waals surface area contributed by atoms with Crippen molar-refractivity contribution < 1.29 is 19.1 Å². The molecule has 0 saturated heterocycles. The topological polar surface area (TPSA) is 102 Å². The van der Waals surface area contributed by atoms with Crippen molar-refractivity contribution in [2.24, 2.45) is 0 Å². The SMILES string of the molecule is COc1ccc(NC(=O)COc2cc(CC(=O)NC3CC3)nc(-c3ccccc3)n2)cc1. The van der Waals surface area contributed by atoms with E-state index in [-0.39, 0.29) is 36.8 Å². The number of ether oxygens (including phenoxy) is 2. The van der Waals surface area contributed by atoms with E-state index in [1.165, 1.54) is 0 Å². The second kappa shape index (κ2) is 9.91. The van der Waals surface area contributed by atoms with Crippen molar-refractivity contribution in [3.8, 4) is 23.0 Å². The Hall–Kier alpha value is -3.94. The van der Waals surface area contributed by atoms with E-state index in [1.807, 2.05) is 30.3 Å². The van der Waals surface area contributed by atoms with Crippen molar-refractivity contribution in [1.82, 2.24) is 15.3 Å². The van der Waals surface area contributed by atoms with Gasteiger partial charge in [-0.25, -0.2) is 4.98 Å². The fraction of sp³-hybridized carbons (Fsp3) is 0.250. The maximum atomic E-state index is 12.3. The molecular formula is C24H24N4O4. The summed E-state index contributed by atoms with van der Waals surface area (Å²) in [5.74, 6) is 0.953. The van der Waals surface area contributed by atoms with E-state index >= 15 is 0 Å². The molecule has 1 fully saturated rings. The summed E-state index contributed by atoms with van der Waals surface area (Å²) in [6.07, 6.45) is 2.15. The molecule has 1 aromatic heterocycles. The molecule has 4 rings (SSSR count). The second-order valence-electron chi connectivity index (χ2n) is 7.47. The van der Waals surface area contributed by atoms with Crippen LogP contribution in [0.15, 0.2) is 60.7 Å². The van der Waals surface area contributed by atoms with Crippen molar-refractivity contribution in [3.05, 3.63) is 66.4 Å². The Morgan fingerprint density at radius 3 is 2.44 bits per heavy atom. The van der Waals surface area contributed by atoms with Crippen LogP contribution in [-0.4, -0.2) is 41.5 Å².